The first-order chi connectivity index (χ1) is 12.9. The van der Waals surface area contributed by atoms with E-state index in [4.69, 9.17) is 4.42 Å². The molecule has 0 atom stereocenters. The Balaban J connectivity index is 2.02. The molecule has 142 valence electrons. The summed E-state index contributed by atoms with van der Waals surface area (Å²) in [6.45, 7) is 8.55. The zero-order valence-corrected chi connectivity index (χ0v) is 16.5. The number of aryl methyl sites for hydroxylation is 4. The molecule has 2 N–H and O–H groups in total. The van der Waals surface area contributed by atoms with Crippen molar-refractivity contribution in [1.29, 1.82) is 0 Å². The van der Waals surface area contributed by atoms with Gasteiger partial charge >= 0.3 is 5.63 Å². The molecule has 2 aromatic carbocycles. The van der Waals surface area contributed by atoms with Crippen LogP contribution in [0.25, 0.3) is 11.0 Å². The monoisotopic (exact) mass is 365 g/mol. The summed E-state index contributed by atoms with van der Waals surface area (Å²) in [6.07, 6.45) is 2.89. The fraction of sp³-hybridized carbons (Fsp3) is 0.348. The Labute approximate surface area is 159 Å². The topological polar surface area (TPSA) is 62.5 Å². The summed E-state index contributed by atoms with van der Waals surface area (Å²) in [7, 11) is 0. The number of rotatable bonds is 6. The van der Waals surface area contributed by atoms with E-state index in [1.807, 2.05) is 6.07 Å². The number of hydrogen-bond donors (Lipinski definition) is 2. The number of fused-ring (bicyclic) bond motifs is 1. The molecule has 27 heavy (non-hydrogen) atoms. The minimum Gasteiger partial charge on any atom is -0.507 e. The average molecular weight is 365 g/mol. The van der Waals surface area contributed by atoms with Crippen LogP contribution in [-0.2, 0) is 13.0 Å². The summed E-state index contributed by atoms with van der Waals surface area (Å²) in [5.74, 6) is 0.177. The second-order valence-corrected chi connectivity index (χ2v) is 7.25. The van der Waals surface area contributed by atoms with Gasteiger partial charge in [-0.2, -0.15) is 0 Å². The number of nitrogens with one attached hydrogen (secondary N) is 1. The summed E-state index contributed by atoms with van der Waals surface area (Å²) in [5.41, 5.74) is 5.92. The maximum atomic E-state index is 11.9. The van der Waals surface area contributed by atoms with Crippen LogP contribution >= 0.6 is 0 Å². The fourth-order valence-corrected chi connectivity index (χ4v) is 3.40. The molecule has 0 radical (unpaired) electrons. The molecule has 0 fully saturated rings. The Morgan fingerprint density at radius 2 is 1.85 bits per heavy atom. The summed E-state index contributed by atoms with van der Waals surface area (Å²) in [4.78, 5) is 11.9. The highest BCUT2D eigenvalue weighted by atomic mass is 16.4. The fourth-order valence-electron chi connectivity index (χ4n) is 3.40. The predicted octanol–water partition coefficient (Wildman–Crippen LogP) is 5.38. The van der Waals surface area contributed by atoms with Crippen molar-refractivity contribution in [2.24, 2.45) is 0 Å². The minimum atomic E-state index is -0.364. The number of benzene rings is 2. The van der Waals surface area contributed by atoms with Gasteiger partial charge < -0.3 is 14.8 Å². The zero-order chi connectivity index (χ0) is 19.6. The summed E-state index contributed by atoms with van der Waals surface area (Å²) in [6, 6.07) is 9.80. The first-order valence-corrected chi connectivity index (χ1v) is 9.50. The van der Waals surface area contributed by atoms with Gasteiger partial charge in [0.15, 0.2) is 0 Å². The molecular weight excluding hydrogens is 338 g/mol. The number of phenolic OH excluding ortho intramolecular Hbond substituents is 1. The largest absolute Gasteiger partial charge is 0.507 e. The van der Waals surface area contributed by atoms with Gasteiger partial charge in [0.05, 0.1) is 0 Å². The molecular formula is C23H27NO3. The molecule has 0 saturated heterocycles. The first kappa shape index (κ1) is 19.0. The molecule has 0 spiro atoms. The standard InChI is InChI=1S/C23H27NO3/c1-5-6-7-17-12-21(25)27-23-16(4)22(26)18(11-19(17)23)13-24-20-10-14(2)8-9-15(20)3/h8-12,24,26H,5-7,13H2,1-4H3. The molecule has 0 bridgehead atoms. The summed E-state index contributed by atoms with van der Waals surface area (Å²) in [5, 5.41) is 15.0. The molecule has 0 amide bonds. The second-order valence-electron chi connectivity index (χ2n) is 7.25. The van der Waals surface area contributed by atoms with E-state index >= 15 is 0 Å². The van der Waals surface area contributed by atoms with Gasteiger partial charge in [-0.15, -0.1) is 0 Å². The molecule has 1 heterocycles. The zero-order valence-electron chi connectivity index (χ0n) is 16.5. The molecule has 0 unspecified atom stereocenters. The lowest BCUT2D eigenvalue weighted by molar-refractivity contribution is 0.462. The van der Waals surface area contributed by atoms with Crippen molar-refractivity contribution in [3.63, 3.8) is 0 Å². The lowest BCUT2D eigenvalue weighted by atomic mass is 9.98. The number of hydrogen-bond acceptors (Lipinski definition) is 4. The van der Waals surface area contributed by atoms with Crippen molar-refractivity contribution in [3.05, 3.63) is 68.6 Å². The van der Waals surface area contributed by atoms with Crippen molar-refractivity contribution in [2.75, 3.05) is 5.32 Å². The highest BCUT2D eigenvalue weighted by molar-refractivity contribution is 5.86. The van der Waals surface area contributed by atoms with Crippen molar-refractivity contribution < 1.29 is 9.52 Å². The van der Waals surface area contributed by atoms with E-state index in [1.54, 1.807) is 13.0 Å². The molecule has 0 aliphatic carbocycles. The van der Waals surface area contributed by atoms with Gasteiger partial charge in [-0.05, 0) is 62.4 Å². The highest BCUT2D eigenvalue weighted by Crippen LogP contribution is 2.33. The van der Waals surface area contributed by atoms with Crippen LogP contribution in [0.15, 0.2) is 39.5 Å². The smallest absolute Gasteiger partial charge is 0.336 e. The SMILES string of the molecule is CCCCc1cc(=O)oc2c(C)c(O)c(CNc3cc(C)ccc3C)cc12. The van der Waals surface area contributed by atoms with E-state index in [0.717, 1.165) is 47.0 Å². The van der Waals surface area contributed by atoms with Crippen LogP contribution in [-0.4, -0.2) is 5.11 Å². The molecule has 3 rings (SSSR count). The van der Waals surface area contributed by atoms with Crippen LogP contribution in [0.5, 0.6) is 5.75 Å². The van der Waals surface area contributed by atoms with Crippen LogP contribution in [0.3, 0.4) is 0 Å². The highest BCUT2D eigenvalue weighted by Gasteiger charge is 2.15. The molecule has 0 saturated carbocycles. The molecule has 3 aromatic rings. The minimum absolute atomic E-state index is 0.177. The molecule has 4 heteroatoms. The van der Waals surface area contributed by atoms with Gasteiger partial charge in [-0.25, -0.2) is 4.79 Å². The van der Waals surface area contributed by atoms with Crippen molar-refractivity contribution in [1.82, 2.24) is 0 Å². The van der Waals surface area contributed by atoms with E-state index in [-0.39, 0.29) is 11.4 Å². The number of unbranched alkanes of at least 4 members (excludes halogenated alkanes) is 1. The first-order valence-electron chi connectivity index (χ1n) is 9.50. The summed E-state index contributed by atoms with van der Waals surface area (Å²) >= 11 is 0. The van der Waals surface area contributed by atoms with Crippen LogP contribution in [0.1, 0.15) is 47.6 Å². The third-order valence-corrected chi connectivity index (χ3v) is 5.07. The van der Waals surface area contributed by atoms with Gasteiger partial charge in [0, 0.05) is 34.8 Å². The van der Waals surface area contributed by atoms with Crippen molar-refractivity contribution >= 4 is 16.7 Å². The molecule has 1 aromatic heterocycles. The average Bonchev–Trinajstić information content (AvgIpc) is 2.64. The molecule has 0 aliphatic heterocycles. The van der Waals surface area contributed by atoms with E-state index in [2.05, 4.69) is 44.3 Å². The Morgan fingerprint density at radius 1 is 1.07 bits per heavy atom. The predicted molar refractivity (Wildman–Crippen MR) is 111 cm³/mol. The molecule has 4 nitrogen and oxygen atoms in total. The third-order valence-electron chi connectivity index (χ3n) is 5.07. The Kier molecular flexibility index (Phi) is 5.54. The Hall–Kier alpha value is -2.75. The van der Waals surface area contributed by atoms with Gasteiger partial charge in [-0.1, -0.05) is 25.5 Å². The maximum Gasteiger partial charge on any atom is 0.336 e. The quantitative estimate of drug-likeness (QED) is 0.576. The van der Waals surface area contributed by atoms with Gasteiger partial charge in [0.2, 0.25) is 0 Å². The van der Waals surface area contributed by atoms with Gasteiger partial charge in [0.25, 0.3) is 0 Å². The number of aromatic hydroxyl groups is 1. The van der Waals surface area contributed by atoms with E-state index in [1.165, 1.54) is 5.56 Å². The van der Waals surface area contributed by atoms with Crippen LogP contribution in [0.2, 0.25) is 0 Å². The molecule has 0 aliphatic rings. The second kappa shape index (κ2) is 7.87. The van der Waals surface area contributed by atoms with E-state index in [9.17, 15) is 9.90 Å². The van der Waals surface area contributed by atoms with Crippen molar-refractivity contribution in [3.8, 4) is 5.75 Å². The van der Waals surface area contributed by atoms with E-state index < -0.39 is 0 Å². The summed E-state index contributed by atoms with van der Waals surface area (Å²) < 4.78 is 5.41. The Bertz CT molecular complexity index is 1030. The maximum absolute atomic E-state index is 11.9. The van der Waals surface area contributed by atoms with Crippen molar-refractivity contribution in [2.45, 2.75) is 53.5 Å². The third kappa shape index (κ3) is 4.00. The number of anilines is 1. The van der Waals surface area contributed by atoms with Crippen LogP contribution < -0.4 is 10.9 Å². The lowest BCUT2D eigenvalue weighted by Crippen LogP contribution is -2.05. The van der Waals surface area contributed by atoms with Crippen LogP contribution in [0, 0.1) is 20.8 Å². The normalized spacial score (nSPS) is 11.1. The van der Waals surface area contributed by atoms with Gasteiger partial charge in [-0.3, -0.25) is 0 Å². The van der Waals surface area contributed by atoms with Gasteiger partial charge in [0.1, 0.15) is 11.3 Å². The van der Waals surface area contributed by atoms with E-state index in [0.29, 0.717) is 17.7 Å². The number of phenols is 1. The lowest BCUT2D eigenvalue weighted by Gasteiger charge is -2.15. The Morgan fingerprint density at radius 3 is 2.59 bits per heavy atom. The van der Waals surface area contributed by atoms with Crippen LogP contribution in [0.4, 0.5) is 5.69 Å².